The highest BCUT2D eigenvalue weighted by molar-refractivity contribution is 5.00. The molecule has 3 rings (SSSR count). The number of ether oxygens (including phenoxy) is 2. The summed E-state index contributed by atoms with van der Waals surface area (Å²) in [6, 6.07) is 0. The van der Waals surface area contributed by atoms with E-state index < -0.39 is 0 Å². The van der Waals surface area contributed by atoms with E-state index in [0.717, 1.165) is 58.8 Å². The van der Waals surface area contributed by atoms with Crippen molar-refractivity contribution >= 4 is 0 Å². The Balaban J connectivity index is 1.61. The molecule has 0 aromatic carbocycles. The van der Waals surface area contributed by atoms with Crippen LogP contribution in [0.5, 0.6) is 0 Å². The zero-order valence-electron chi connectivity index (χ0n) is 9.68. The lowest BCUT2D eigenvalue weighted by Crippen LogP contribution is -2.71. The maximum absolute atomic E-state index is 6.11. The van der Waals surface area contributed by atoms with Gasteiger partial charge in [-0.05, 0) is 13.1 Å². The van der Waals surface area contributed by atoms with Crippen LogP contribution in [0.4, 0.5) is 0 Å². The van der Waals surface area contributed by atoms with Crippen LogP contribution in [-0.4, -0.2) is 57.3 Å². The van der Waals surface area contributed by atoms with Crippen LogP contribution in [0.15, 0.2) is 0 Å². The fourth-order valence-corrected chi connectivity index (χ4v) is 2.77. The Labute approximate surface area is 96.2 Å². The molecule has 0 aliphatic carbocycles. The molecule has 3 aliphatic rings. The maximum Gasteiger partial charge on any atom is 0.121 e. The highest BCUT2D eigenvalue weighted by Gasteiger charge is 2.44. The van der Waals surface area contributed by atoms with Gasteiger partial charge in [0.2, 0.25) is 0 Å². The molecule has 1 atom stereocenters. The van der Waals surface area contributed by atoms with Crippen LogP contribution in [0.25, 0.3) is 0 Å². The van der Waals surface area contributed by atoms with Crippen molar-refractivity contribution in [1.29, 1.82) is 0 Å². The van der Waals surface area contributed by atoms with Gasteiger partial charge < -0.3 is 20.1 Å². The zero-order valence-corrected chi connectivity index (χ0v) is 9.68. The fraction of sp³-hybridized carbons (Fsp3) is 1.00. The molecule has 0 aromatic heterocycles. The van der Waals surface area contributed by atoms with E-state index in [4.69, 9.17) is 9.47 Å². The van der Waals surface area contributed by atoms with Crippen molar-refractivity contribution in [2.45, 2.75) is 24.1 Å². The number of rotatable bonds is 0. The van der Waals surface area contributed by atoms with Gasteiger partial charge in [-0.25, -0.2) is 0 Å². The zero-order chi connectivity index (χ0) is 10.9. The highest BCUT2D eigenvalue weighted by atomic mass is 16.5. The van der Waals surface area contributed by atoms with E-state index in [1.165, 1.54) is 0 Å². The fourth-order valence-electron chi connectivity index (χ4n) is 2.77. The summed E-state index contributed by atoms with van der Waals surface area (Å²) in [5.74, 6) is 0. The van der Waals surface area contributed by atoms with Crippen molar-refractivity contribution < 1.29 is 9.47 Å². The van der Waals surface area contributed by atoms with Crippen molar-refractivity contribution in [3.05, 3.63) is 0 Å². The normalized spacial score (nSPS) is 39.0. The SMILES string of the molecule is C1CC2(CCN1)NCC1(COCCN1)CO2. The molecule has 3 saturated heterocycles. The Hall–Kier alpha value is -0.200. The molecule has 3 heterocycles. The topological polar surface area (TPSA) is 54.5 Å². The van der Waals surface area contributed by atoms with Crippen LogP contribution in [0.2, 0.25) is 0 Å². The van der Waals surface area contributed by atoms with Gasteiger partial charge in [0.05, 0.1) is 25.4 Å². The van der Waals surface area contributed by atoms with Crippen LogP contribution in [0.1, 0.15) is 12.8 Å². The van der Waals surface area contributed by atoms with E-state index in [2.05, 4.69) is 16.0 Å². The summed E-state index contributed by atoms with van der Waals surface area (Å²) in [4.78, 5) is 0. The Morgan fingerprint density at radius 3 is 2.44 bits per heavy atom. The third-order valence-electron chi connectivity index (χ3n) is 3.91. The minimum Gasteiger partial charge on any atom is -0.378 e. The Kier molecular flexibility index (Phi) is 2.89. The van der Waals surface area contributed by atoms with Crippen molar-refractivity contribution in [3.63, 3.8) is 0 Å². The van der Waals surface area contributed by atoms with Gasteiger partial charge in [-0.15, -0.1) is 0 Å². The first-order valence-electron chi connectivity index (χ1n) is 6.25. The Bertz CT molecular complexity index is 210. The second-order valence-corrected chi connectivity index (χ2v) is 5.15. The summed E-state index contributed by atoms with van der Waals surface area (Å²) in [7, 11) is 0. The monoisotopic (exact) mass is 227 g/mol. The van der Waals surface area contributed by atoms with E-state index in [-0.39, 0.29) is 11.3 Å². The predicted molar refractivity (Wildman–Crippen MR) is 60.3 cm³/mol. The number of hydrogen-bond donors (Lipinski definition) is 3. The summed E-state index contributed by atoms with van der Waals surface area (Å²) in [6.45, 7) is 6.31. The molecule has 0 amide bonds. The first-order valence-corrected chi connectivity index (χ1v) is 6.25. The summed E-state index contributed by atoms with van der Waals surface area (Å²) in [6.07, 6.45) is 2.12. The number of nitrogens with one attached hydrogen (secondary N) is 3. The largest absolute Gasteiger partial charge is 0.378 e. The van der Waals surface area contributed by atoms with E-state index in [1.54, 1.807) is 0 Å². The lowest BCUT2D eigenvalue weighted by molar-refractivity contribution is -0.161. The molecule has 0 bridgehead atoms. The molecule has 2 spiro atoms. The maximum atomic E-state index is 6.11. The number of hydrogen-bond acceptors (Lipinski definition) is 5. The van der Waals surface area contributed by atoms with Crippen molar-refractivity contribution in [2.24, 2.45) is 0 Å². The van der Waals surface area contributed by atoms with Gasteiger partial charge in [0.15, 0.2) is 0 Å². The first-order chi connectivity index (χ1) is 7.83. The first kappa shape index (κ1) is 10.9. The molecule has 0 radical (unpaired) electrons. The van der Waals surface area contributed by atoms with Crippen LogP contribution in [0.3, 0.4) is 0 Å². The smallest absolute Gasteiger partial charge is 0.121 e. The quantitative estimate of drug-likeness (QED) is 0.498. The summed E-state index contributed by atoms with van der Waals surface area (Å²) < 4.78 is 11.6. The second-order valence-electron chi connectivity index (χ2n) is 5.15. The Morgan fingerprint density at radius 2 is 1.81 bits per heavy atom. The molecule has 3 fully saturated rings. The molecular formula is C11H21N3O2. The molecule has 0 saturated carbocycles. The van der Waals surface area contributed by atoms with Crippen LogP contribution >= 0.6 is 0 Å². The molecular weight excluding hydrogens is 206 g/mol. The summed E-state index contributed by atoms with van der Waals surface area (Å²) in [5, 5.41) is 10.5. The molecule has 92 valence electrons. The number of morpholine rings is 1. The van der Waals surface area contributed by atoms with Crippen molar-refractivity contribution in [3.8, 4) is 0 Å². The summed E-state index contributed by atoms with van der Waals surface area (Å²) in [5.41, 5.74) is -0.0655. The number of piperidine rings is 1. The second kappa shape index (κ2) is 4.23. The van der Waals surface area contributed by atoms with E-state index >= 15 is 0 Å². The predicted octanol–water partition coefficient (Wildman–Crippen LogP) is -0.955. The third kappa shape index (κ3) is 1.98. The van der Waals surface area contributed by atoms with Crippen molar-refractivity contribution in [1.82, 2.24) is 16.0 Å². The van der Waals surface area contributed by atoms with Gasteiger partial charge in [0.25, 0.3) is 0 Å². The van der Waals surface area contributed by atoms with E-state index in [1.807, 2.05) is 0 Å². The average molecular weight is 227 g/mol. The lowest BCUT2D eigenvalue weighted by Gasteiger charge is -2.50. The van der Waals surface area contributed by atoms with Gasteiger partial charge >= 0.3 is 0 Å². The molecule has 16 heavy (non-hydrogen) atoms. The average Bonchev–Trinajstić information content (AvgIpc) is 2.36. The van der Waals surface area contributed by atoms with Crippen molar-refractivity contribution in [2.75, 3.05) is 46.0 Å². The molecule has 5 heteroatoms. The minimum atomic E-state index is -0.0738. The van der Waals surface area contributed by atoms with E-state index in [0.29, 0.717) is 0 Å². The molecule has 1 unspecified atom stereocenters. The van der Waals surface area contributed by atoms with Crippen LogP contribution in [-0.2, 0) is 9.47 Å². The molecule has 0 aromatic rings. The standard InChI is InChI=1S/C11H21N3O2/c1-3-12-4-2-11(1)14-7-10(9-16-11)8-15-6-5-13-10/h12-14H,1-9H2. The van der Waals surface area contributed by atoms with Gasteiger partial charge in [0.1, 0.15) is 5.72 Å². The highest BCUT2D eigenvalue weighted by Crippen LogP contribution is 2.27. The van der Waals surface area contributed by atoms with Crippen LogP contribution in [0, 0.1) is 0 Å². The molecule has 3 N–H and O–H groups in total. The third-order valence-corrected chi connectivity index (χ3v) is 3.91. The van der Waals surface area contributed by atoms with Gasteiger partial charge in [-0.1, -0.05) is 0 Å². The minimum absolute atomic E-state index is 0.00831. The Morgan fingerprint density at radius 1 is 0.938 bits per heavy atom. The van der Waals surface area contributed by atoms with E-state index in [9.17, 15) is 0 Å². The lowest BCUT2D eigenvalue weighted by atomic mass is 9.93. The summed E-state index contributed by atoms with van der Waals surface area (Å²) >= 11 is 0. The molecule has 5 nitrogen and oxygen atoms in total. The van der Waals surface area contributed by atoms with Crippen LogP contribution < -0.4 is 16.0 Å². The van der Waals surface area contributed by atoms with Gasteiger partial charge in [0, 0.05) is 25.9 Å². The molecule has 3 aliphatic heterocycles. The van der Waals surface area contributed by atoms with Gasteiger partial charge in [-0.2, -0.15) is 0 Å². The van der Waals surface area contributed by atoms with Gasteiger partial charge in [-0.3, -0.25) is 5.32 Å².